The zero-order valence-corrected chi connectivity index (χ0v) is 13.6. The number of benzene rings is 1. The number of hydrogen-bond donors (Lipinski definition) is 3. The number of hydrogen-bond acceptors (Lipinski definition) is 7. The van der Waals surface area contributed by atoms with E-state index >= 15 is 0 Å². The van der Waals surface area contributed by atoms with Gasteiger partial charge in [0, 0.05) is 25.6 Å². The van der Waals surface area contributed by atoms with Crippen molar-refractivity contribution in [2.24, 2.45) is 0 Å². The van der Waals surface area contributed by atoms with Gasteiger partial charge in [0.25, 0.3) is 11.8 Å². The number of quaternary nitrogens is 1. The van der Waals surface area contributed by atoms with Crippen molar-refractivity contribution in [3.63, 3.8) is 0 Å². The monoisotopic (exact) mass is 355 g/mol. The normalized spacial score (nSPS) is 33.0. The van der Waals surface area contributed by atoms with Crippen LogP contribution in [0.1, 0.15) is 5.56 Å². The zero-order chi connectivity index (χ0) is 16.6. The van der Waals surface area contributed by atoms with E-state index in [-0.39, 0.29) is 17.5 Å². The Hall–Kier alpha value is -1.30. The van der Waals surface area contributed by atoms with E-state index in [4.69, 9.17) is 0 Å². The van der Waals surface area contributed by atoms with E-state index in [2.05, 4.69) is 0 Å². The summed E-state index contributed by atoms with van der Waals surface area (Å²) in [7, 11) is 3.98. The maximum absolute atomic E-state index is 13.0. The van der Waals surface area contributed by atoms with Gasteiger partial charge in [-0.05, 0) is 16.4 Å². The summed E-state index contributed by atoms with van der Waals surface area (Å²) >= 11 is 0. The molecule has 3 N–H and O–H groups in total. The molecule has 0 aromatic heterocycles. The summed E-state index contributed by atoms with van der Waals surface area (Å²) in [5.41, 5.74) is 1.27. The van der Waals surface area contributed by atoms with Crippen LogP contribution >= 0.6 is 21.6 Å². The van der Waals surface area contributed by atoms with Crippen LogP contribution in [0.4, 0.5) is 11.4 Å². The molecule has 23 heavy (non-hydrogen) atoms. The maximum Gasteiger partial charge on any atom is 0.268 e. The first-order valence-corrected chi connectivity index (χ1v) is 8.99. The molecule has 8 nitrogen and oxygen atoms in total. The van der Waals surface area contributed by atoms with E-state index in [1.807, 2.05) is 0 Å². The molecule has 122 valence electrons. The Balaban J connectivity index is 1.91. The molecule has 4 aliphatic rings. The molecule has 3 saturated heterocycles. The van der Waals surface area contributed by atoms with Crippen molar-refractivity contribution in [3.8, 4) is 0 Å². The van der Waals surface area contributed by atoms with Crippen LogP contribution in [0.25, 0.3) is 0 Å². The van der Waals surface area contributed by atoms with Crippen molar-refractivity contribution in [1.82, 2.24) is 4.90 Å². The molecule has 3 fully saturated rings. The SMILES string of the molecule is CN1C(=O)C23Cc4ccc([NH+]([O-])O)cc4N2C(=O)C1(CO)SS3. The molecule has 10 heteroatoms. The van der Waals surface area contributed by atoms with Gasteiger partial charge in [-0.15, -0.1) is 0 Å². The van der Waals surface area contributed by atoms with Gasteiger partial charge in [0.2, 0.25) is 4.87 Å². The number of carbonyl (C=O) groups excluding carboxylic acids is 2. The number of nitrogens with zero attached hydrogens (tertiary/aromatic N) is 2. The number of amides is 2. The van der Waals surface area contributed by atoms with E-state index in [1.54, 1.807) is 6.07 Å². The number of nitrogens with one attached hydrogen (secondary N) is 1. The van der Waals surface area contributed by atoms with Gasteiger partial charge in [0.15, 0.2) is 10.6 Å². The van der Waals surface area contributed by atoms with E-state index in [0.29, 0.717) is 12.1 Å². The predicted molar refractivity (Wildman–Crippen MR) is 83.9 cm³/mol. The van der Waals surface area contributed by atoms with E-state index in [1.165, 1.54) is 50.6 Å². The van der Waals surface area contributed by atoms with Crippen LogP contribution in [-0.4, -0.2) is 50.4 Å². The van der Waals surface area contributed by atoms with Crippen molar-refractivity contribution in [1.29, 1.82) is 0 Å². The molecule has 4 aliphatic heterocycles. The Morgan fingerprint density at radius 2 is 2.09 bits per heavy atom. The van der Waals surface area contributed by atoms with Gasteiger partial charge >= 0.3 is 0 Å². The number of fused-ring (bicyclic) bond motifs is 3. The first-order chi connectivity index (χ1) is 10.9. The molecule has 4 heterocycles. The average Bonchev–Trinajstić information content (AvgIpc) is 2.88. The van der Waals surface area contributed by atoms with Crippen molar-refractivity contribution in [3.05, 3.63) is 29.0 Å². The second kappa shape index (κ2) is 4.62. The molecule has 2 bridgehead atoms. The molecule has 0 saturated carbocycles. The first kappa shape index (κ1) is 15.2. The van der Waals surface area contributed by atoms with Gasteiger partial charge < -0.3 is 15.2 Å². The third-order valence-corrected chi connectivity index (χ3v) is 8.23. The van der Waals surface area contributed by atoms with Gasteiger partial charge in [-0.3, -0.25) is 14.5 Å². The minimum absolute atomic E-state index is 0.0616. The smallest absolute Gasteiger partial charge is 0.268 e. The van der Waals surface area contributed by atoms with E-state index in [9.17, 15) is 25.1 Å². The maximum atomic E-state index is 13.0. The largest absolute Gasteiger partial charge is 0.595 e. The number of aliphatic hydroxyl groups excluding tert-OH is 1. The molecule has 1 spiro atoms. The molecule has 3 atom stereocenters. The summed E-state index contributed by atoms with van der Waals surface area (Å²) in [5, 5.41) is 29.1. The predicted octanol–water partition coefficient (Wildman–Crippen LogP) is -0.769. The fraction of sp³-hybridized carbons (Fsp3) is 0.385. The Morgan fingerprint density at radius 1 is 1.35 bits per heavy atom. The van der Waals surface area contributed by atoms with E-state index < -0.39 is 21.6 Å². The van der Waals surface area contributed by atoms with Crippen LogP contribution in [0.2, 0.25) is 0 Å². The third kappa shape index (κ3) is 1.63. The summed E-state index contributed by atoms with van der Waals surface area (Å²) in [6.45, 7) is -0.494. The van der Waals surface area contributed by atoms with E-state index in [0.717, 1.165) is 5.56 Å². The molecule has 2 amide bonds. The number of carbonyl (C=O) groups is 2. The van der Waals surface area contributed by atoms with Gasteiger partial charge in [-0.25, -0.2) is 5.21 Å². The minimum Gasteiger partial charge on any atom is -0.595 e. The number of likely N-dealkylation sites (N-methyl/N-ethyl adjacent to an activating group) is 1. The second-order valence-corrected chi connectivity index (χ2v) is 8.41. The highest BCUT2D eigenvalue weighted by molar-refractivity contribution is 8.78. The highest BCUT2D eigenvalue weighted by atomic mass is 33.1. The van der Waals surface area contributed by atoms with Crippen LogP contribution in [0.5, 0.6) is 0 Å². The van der Waals surface area contributed by atoms with Crippen molar-refractivity contribution >= 4 is 44.8 Å². The molecule has 1 aromatic rings. The molecule has 1 aromatic carbocycles. The summed E-state index contributed by atoms with van der Waals surface area (Å²) in [4.78, 5) is 26.1. The zero-order valence-electron chi connectivity index (χ0n) is 12.0. The fourth-order valence-electron chi connectivity index (χ4n) is 3.31. The second-order valence-electron chi connectivity index (χ2n) is 5.72. The van der Waals surface area contributed by atoms with Crippen molar-refractivity contribution < 1.29 is 25.1 Å². The Labute approximate surface area is 139 Å². The highest BCUT2D eigenvalue weighted by Crippen LogP contribution is 2.63. The summed E-state index contributed by atoms with van der Waals surface area (Å²) in [5.74, 6) is -0.630. The lowest BCUT2D eigenvalue weighted by atomic mass is 10.0. The molecule has 0 radical (unpaired) electrons. The van der Waals surface area contributed by atoms with Gasteiger partial charge in [0.05, 0.1) is 12.3 Å². The summed E-state index contributed by atoms with van der Waals surface area (Å²) in [6.07, 6.45) is 0.330. The third-order valence-electron chi connectivity index (χ3n) is 4.61. The number of rotatable bonds is 2. The average molecular weight is 355 g/mol. The molecule has 0 aliphatic carbocycles. The van der Waals surface area contributed by atoms with Crippen LogP contribution in [0.15, 0.2) is 18.2 Å². The number of piperazine rings is 1. The Kier molecular flexibility index (Phi) is 3.06. The minimum atomic E-state index is -1.36. The van der Waals surface area contributed by atoms with Crippen LogP contribution in [0.3, 0.4) is 0 Å². The fourth-order valence-corrected chi connectivity index (χ4v) is 6.82. The first-order valence-electron chi connectivity index (χ1n) is 6.84. The van der Waals surface area contributed by atoms with Crippen LogP contribution in [0, 0.1) is 5.21 Å². The molecule has 5 rings (SSSR count). The molecular formula is C13H13N3O5S2. The summed E-state index contributed by atoms with van der Waals surface area (Å²) < 4.78 is 0. The van der Waals surface area contributed by atoms with Crippen LogP contribution in [-0.2, 0) is 16.0 Å². The molecular weight excluding hydrogens is 342 g/mol. The standard InChI is InChI=1S/C13H13N3O5S2/c1-14-10(18)12-5-7-2-3-8(16(20)21)4-9(7)15(12)11(19)13(14,6-17)23-22-12/h2-4,16-17,20H,5-6H2,1H3. The van der Waals surface area contributed by atoms with Crippen molar-refractivity contribution in [2.75, 3.05) is 18.6 Å². The Morgan fingerprint density at radius 3 is 2.74 bits per heavy atom. The lowest BCUT2D eigenvalue weighted by molar-refractivity contribution is -0.991. The van der Waals surface area contributed by atoms with Crippen molar-refractivity contribution in [2.45, 2.75) is 16.2 Å². The number of anilines is 1. The van der Waals surface area contributed by atoms with Gasteiger partial charge in [-0.2, -0.15) is 5.23 Å². The lowest BCUT2D eigenvalue weighted by Gasteiger charge is -2.57. The quantitative estimate of drug-likeness (QED) is 0.472. The lowest BCUT2D eigenvalue weighted by Crippen LogP contribution is -2.99. The van der Waals surface area contributed by atoms with Crippen LogP contribution < -0.4 is 10.1 Å². The Bertz CT molecular complexity index is 744. The van der Waals surface area contributed by atoms with Gasteiger partial charge in [-0.1, -0.05) is 16.9 Å². The summed E-state index contributed by atoms with van der Waals surface area (Å²) in [6, 6.07) is 4.55. The topological polar surface area (TPSA) is 109 Å². The molecule has 3 unspecified atom stereocenters. The number of aliphatic hydroxyl groups is 1. The highest BCUT2D eigenvalue weighted by Gasteiger charge is 2.70. The van der Waals surface area contributed by atoms with Gasteiger partial charge in [0.1, 0.15) is 0 Å².